The number of likely N-dealkylation sites (tertiary alicyclic amines) is 1. The Morgan fingerprint density at radius 3 is 3.07 bits per heavy atom. The largest absolute Gasteiger partial charge is 0.359 e. The molecule has 1 rings (SSSR count). The molecule has 0 spiro atoms. The van der Waals surface area contributed by atoms with Gasteiger partial charge in [0, 0.05) is 13.5 Å². The molecule has 1 saturated heterocycles. The van der Waals surface area contributed by atoms with Gasteiger partial charge in [0.05, 0.1) is 12.1 Å². The zero-order valence-corrected chi connectivity index (χ0v) is 9.33. The smallest absolute Gasteiger partial charge is 0.219 e. The van der Waals surface area contributed by atoms with Crippen LogP contribution in [0.2, 0.25) is 0 Å². The first-order valence-electron chi connectivity index (χ1n) is 5.62. The van der Waals surface area contributed by atoms with E-state index in [-0.39, 0.29) is 11.9 Å². The highest BCUT2D eigenvalue weighted by Crippen LogP contribution is 2.16. The molecule has 0 aromatic carbocycles. The molecule has 4 nitrogen and oxygen atoms in total. The summed E-state index contributed by atoms with van der Waals surface area (Å²) in [7, 11) is 1.65. The number of piperidine rings is 1. The van der Waals surface area contributed by atoms with Crippen molar-refractivity contribution in [3.8, 4) is 6.07 Å². The van der Waals surface area contributed by atoms with Crippen LogP contribution in [-0.4, -0.2) is 37.0 Å². The number of nitrogens with zero attached hydrogens (tertiary/aromatic N) is 2. The van der Waals surface area contributed by atoms with Crippen LogP contribution in [0.4, 0.5) is 0 Å². The predicted octanol–water partition coefficient (Wildman–Crippen LogP) is 0.891. The Hall–Kier alpha value is -1.08. The summed E-state index contributed by atoms with van der Waals surface area (Å²) >= 11 is 0. The second kappa shape index (κ2) is 6.41. The van der Waals surface area contributed by atoms with Gasteiger partial charge < -0.3 is 5.32 Å². The van der Waals surface area contributed by atoms with Crippen molar-refractivity contribution >= 4 is 5.91 Å². The normalized spacial score (nSPS) is 22.0. The third-order valence-electron chi connectivity index (χ3n) is 2.89. The first-order chi connectivity index (χ1) is 7.27. The summed E-state index contributed by atoms with van der Waals surface area (Å²) in [6, 6.07) is 2.40. The van der Waals surface area contributed by atoms with E-state index in [2.05, 4.69) is 16.3 Å². The van der Waals surface area contributed by atoms with Gasteiger partial charge in [-0.25, -0.2) is 0 Å². The van der Waals surface area contributed by atoms with Crippen molar-refractivity contribution in [3.63, 3.8) is 0 Å². The molecule has 1 N–H and O–H groups in total. The van der Waals surface area contributed by atoms with Crippen molar-refractivity contribution in [1.29, 1.82) is 5.26 Å². The van der Waals surface area contributed by atoms with Crippen LogP contribution in [0.3, 0.4) is 0 Å². The lowest BCUT2D eigenvalue weighted by molar-refractivity contribution is -0.120. The van der Waals surface area contributed by atoms with Crippen molar-refractivity contribution in [2.24, 2.45) is 0 Å². The van der Waals surface area contributed by atoms with Gasteiger partial charge in [-0.3, -0.25) is 9.69 Å². The van der Waals surface area contributed by atoms with Crippen LogP contribution in [0, 0.1) is 11.3 Å². The van der Waals surface area contributed by atoms with Crippen LogP contribution >= 0.6 is 0 Å². The summed E-state index contributed by atoms with van der Waals surface area (Å²) in [6.45, 7) is 1.87. The molecule has 0 aromatic rings. The average molecular weight is 209 g/mol. The third kappa shape index (κ3) is 3.88. The van der Waals surface area contributed by atoms with E-state index in [1.807, 2.05) is 0 Å². The van der Waals surface area contributed by atoms with Crippen LogP contribution in [0.1, 0.15) is 32.1 Å². The van der Waals surface area contributed by atoms with Crippen molar-refractivity contribution in [2.75, 3.05) is 20.1 Å². The molecule has 0 radical (unpaired) electrons. The van der Waals surface area contributed by atoms with Gasteiger partial charge in [-0.15, -0.1) is 0 Å². The molecule has 1 aliphatic rings. The molecule has 1 unspecified atom stereocenters. The first kappa shape index (κ1) is 12.0. The third-order valence-corrected chi connectivity index (χ3v) is 2.89. The van der Waals surface area contributed by atoms with Gasteiger partial charge in [0.15, 0.2) is 0 Å². The molecule has 1 fully saturated rings. The van der Waals surface area contributed by atoms with Crippen LogP contribution in [0.15, 0.2) is 0 Å². The Kier molecular flexibility index (Phi) is 5.13. The minimum absolute atomic E-state index is 0.0726. The average Bonchev–Trinajstić information content (AvgIpc) is 2.29. The first-order valence-corrected chi connectivity index (χ1v) is 5.62. The molecule has 0 aliphatic carbocycles. The monoisotopic (exact) mass is 209 g/mol. The maximum absolute atomic E-state index is 11.0. The maximum Gasteiger partial charge on any atom is 0.219 e. The van der Waals surface area contributed by atoms with Gasteiger partial charge in [0.25, 0.3) is 0 Å². The van der Waals surface area contributed by atoms with E-state index in [4.69, 9.17) is 5.26 Å². The van der Waals surface area contributed by atoms with Gasteiger partial charge >= 0.3 is 0 Å². The summed E-state index contributed by atoms with van der Waals surface area (Å²) in [5.41, 5.74) is 0. The number of nitrogens with one attached hydrogen (secondary N) is 1. The van der Waals surface area contributed by atoms with Gasteiger partial charge in [0.1, 0.15) is 0 Å². The fourth-order valence-electron chi connectivity index (χ4n) is 1.97. The van der Waals surface area contributed by atoms with Crippen LogP contribution < -0.4 is 5.32 Å². The Morgan fingerprint density at radius 1 is 1.60 bits per heavy atom. The van der Waals surface area contributed by atoms with Crippen LogP contribution in [-0.2, 0) is 4.79 Å². The molecule has 1 amide bonds. The number of hydrogen-bond donors (Lipinski definition) is 1. The number of rotatable bonds is 4. The summed E-state index contributed by atoms with van der Waals surface area (Å²) in [6.07, 6.45) is 4.72. The zero-order valence-electron chi connectivity index (χ0n) is 9.33. The van der Waals surface area contributed by atoms with Gasteiger partial charge in [0.2, 0.25) is 5.91 Å². The maximum atomic E-state index is 11.0. The Labute approximate surface area is 91.2 Å². The summed E-state index contributed by atoms with van der Waals surface area (Å²) in [5.74, 6) is 0.0838. The lowest BCUT2D eigenvalue weighted by Crippen LogP contribution is -2.39. The van der Waals surface area contributed by atoms with Gasteiger partial charge in [-0.2, -0.15) is 5.26 Å². The molecule has 0 bridgehead atoms. The summed E-state index contributed by atoms with van der Waals surface area (Å²) in [4.78, 5) is 13.2. The summed E-state index contributed by atoms with van der Waals surface area (Å²) < 4.78 is 0. The fraction of sp³-hybridized carbons (Fsp3) is 0.818. The topological polar surface area (TPSA) is 56.1 Å². The Morgan fingerprint density at radius 2 is 2.40 bits per heavy atom. The molecule has 15 heavy (non-hydrogen) atoms. The van der Waals surface area contributed by atoms with E-state index in [9.17, 15) is 4.79 Å². The molecule has 4 heteroatoms. The quantitative estimate of drug-likeness (QED) is 0.748. The zero-order chi connectivity index (χ0) is 11.1. The van der Waals surface area contributed by atoms with E-state index in [1.54, 1.807) is 7.05 Å². The molecular weight excluding hydrogens is 190 g/mol. The number of hydrogen-bond acceptors (Lipinski definition) is 3. The van der Waals surface area contributed by atoms with Crippen LogP contribution in [0.25, 0.3) is 0 Å². The number of carbonyl (C=O) groups is 1. The predicted molar refractivity (Wildman–Crippen MR) is 58.1 cm³/mol. The summed E-state index contributed by atoms with van der Waals surface area (Å²) in [5, 5.41) is 11.6. The second-order valence-corrected chi connectivity index (χ2v) is 3.95. The SMILES string of the molecule is CNC(=O)CCCN1CCCCC1C#N. The van der Waals surface area contributed by atoms with E-state index in [0.717, 1.165) is 32.4 Å². The Bertz CT molecular complexity index is 247. The molecule has 1 atom stereocenters. The number of nitriles is 1. The highest BCUT2D eigenvalue weighted by molar-refractivity contribution is 5.75. The van der Waals surface area contributed by atoms with Gasteiger partial charge in [-0.1, -0.05) is 0 Å². The molecule has 0 saturated carbocycles. The molecule has 0 aromatic heterocycles. The lowest BCUT2D eigenvalue weighted by Gasteiger charge is -2.31. The number of carbonyl (C=O) groups excluding carboxylic acids is 1. The number of amides is 1. The standard InChI is InChI=1S/C11H19N3O/c1-13-11(15)6-4-8-14-7-3-2-5-10(14)9-12/h10H,2-8H2,1H3,(H,13,15). The van der Waals surface area contributed by atoms with E-state index < -0.39 is 0 Å². The highest BCUT2D eigenvalue weighted by Gasteiger charge is 2.21. The molecular formula is C11H19N3O. The minimum Gasteiger partial charge on any atom is -0.359 e. The van der Waals surface area contributed by atoms with E-state index in [1.165, 1.54) is 6.42 Å². The van der Waals surface area contributed by atoms with Crippen molar-refractivity contribution < 1.29 is 4.79 Å². The highest BCUT2D eigenvalue weighted by atomic mass is 16.1. The molecule has 1 aliphatic heterocycles. The van der Waals surface area contributed by atoms with E-state index >= 15 is 0 Å². The van der Waals surface area contributed by atoms with Gasteiger partial charge in [-0.05, 0) is 38.8 Å². The van der Waals surface area contributed by atoms with Crippen molar-refractivity contribution in [1.82, 2.24) is 10.2 Å². The minimum atomic E-state index is 0.0726. The van der Waals surface area contributed by atoms with E-state index in [0.29, 0.717) is 6.42 Å². The second-order valence-electron chi connectivity index (χ2n) is 3.95. The fourth-order valence-corrected chi connectivity index (χ4v) is 1.97. The molecule has 1 heterocycles. The Balaban J connectivity index is 2.24. The lowest BCUT2D eigenvalue weighted by atomic mass is 10.0. The molecule has 84 valence electrons. The van der Waals surface area contributed by atoms with Crippen LogP contribution in [0.5, 0.6) is 0 Å². The van der Waals surface area contributed by atoms with Crippen molar-refractivity contribution in [3.05, 3.63) is 0 Å². The van der Waals surface area contributed by atoms with Crippen molar-refractivity contribution in [2.45, 2.75) is 38.1 Å².